The lowest BCUT2D eigenvalue weighted by atomic mass is 9.97. The minimum Gasteiger partial charge on any atom is -0.366 e. The molecule has 1 aliphatic carbocycles. The van der Waals surface area contributed by atoms with Crippen molar-refractivity contribution in [3.8, 4) is 22.3 Å². The van der Waals surface area contributed by atoms with Crippen LogP contribution in [0.25, 0.3) is 65.9 Å². The largest absolute Gasteiger partial charge is 0.366 e. The summed E-state index contributed by atoms with van der Waals surface area (Å²) in [6.45, 7) is 8.63. The predicted molar refractivity (Wildman–Crippen MR) is 254 cm³/mol. The van der Waals surface area contributed by atoms with Crippen LogP contribution in [0.5, 0.6) is 0 Å². The van der Waals surface area contributed by atoms with E-state index in [0.717, 1.165) is 91.1 Å². The molecule has 2 amide bonds. The van der Waals surface area contributed by atoms with Crippen molar-refractivity contribution in [2.45, 2.75) is 65.7 Å². The fourth-order valence-corrected chi connectivity index (χ4v) is 12.5. The highest BCUT2D eigenvalue weighted by atomic mass is 35.5. The Bertz CT molecular complexity index is 3430. The van der Waals surface area contributed by atoms with Crippen LogP contribution < -0.4 is 15.8 Å². The summed E-state index contributed by atoms with van der Waals surface area (Å²) in [5, 5.41) is 11.6. The number of aromatic nitrogens is 4. The molecule has 1 saturated heterocycles. The molecule has 65 heavy (non-hydrogen) atoms. The molecule has 5 heterocycles. The number of aryl methyl sites for hydroxylation is 4. The zero-order valence-corrected chi connectivity index (χ0v) is 38.7. The fraction of sp³-hybridized carbons (Fsp3) is 0.319. The highest BCUT2D eigenvalue weighted by Crippen LogP contribution is 2.42. The van der Waals surface area contributed by atoms with Crippen molar-refractivity contribution < 1.29 is 35.5 Å². The van der Waals surface area contributed by atoms with Crippen LogP contribution in [0, 0.1) is 33.6 Å². The highest BCUT2D eigenvalue weighted by molar-refractivity contribution is 7.93. The van der Waals surface area contributed by atoms with Crippen LogP contribution in [0.3, 0.4) is 0 Å². The third kappa shape index (κ3) is 8.25. The molecule has 0 atom stereocenters. The first-order valence-electron chi connectivity index (χ1n) is 21.4. The quantitative estimate of drug-likeness (QED) is 0.0991. The number of carbonyl (C=O) groups is 2. The normalized spacial score (nSPS) is 15.1. The first kappa shape index (κ1) is 44.1. The van der Waals surface area contributed by atoms with Gasteiger partial charge in [-0.05, 0) is 118 Å². The number of fused-ring (bicyclic) bond motifs is 6. The maximum atomic E-state index is 12.7. The number of aromatic amines is 1. The van der Waals surface area contributed by atoms with Crippen LogP contribution in [0.4, 0.5) is 5.69 Å². The molecule has 10 rings (SSSR count). The smallest absolute Gasteiger partial charge is 0.250 e. The van der Waals surface area contributed by atoms with Gasteiger partial charge in [0.15, 0.2) is 9.84 Å². The van der Waals surface area contributed by atoms with Crippen molar-refractivity contribution in [3.05, 3.63) is 100 Å². The summed E-state index contributed by atoms with van der Waals surface area (Å²) in [5.41, 5.74) is 21.5. The molecular formula is C47H48ClN7O8S2. The molecule has 2 fully saturated rings. The Morgan fingerprint density at radius 1 is 0.831 bits per heavy atom. The number of nitrogens with zero attached hydrogens (tertiary/aromatic N) is 4. The monoisotopic (exact) mass is 937 g/mol. The molecule has 4 aromatic heterocycles. The van der Waals surface area contributed by atoms with E-state index in [-0.39, 0.29) is 17.3 Å². The molecule has 1 saturated carbocycles. The van der Waals surface area contributed by atoms with Crippen LogP contribution in [0.15, 0.2) is 69.7 Å². The molecule has 8 aromatic rings. The lowest BCUT2D eigenvalue weighted by Crippen LogP contribution is -2.25. The van der Waals surface area contributed by atoms with E-state index in [1.54, 1.807) is 18.2 Å². The van der Waals surface area contributed by atoms with E-state index in [1.807, 2.05) is 64.1 Å². The standard InChI is InChI=1S/C25H26N4O4S.C22H22ClN3O4S/c1-14-23(15(2)33-27-14)17-10-20-19-7-6-18(29-8-3-9-34(29,31)32)12-22(19)28(13-16-4-5-16)24(20)21(11-17)25(26)30;1-12-20(13(2)30-26-12)15-9-17-16-5-4-14(11-31(28,29)7-3-6-23)8-19(16)25-21(17)18(10-15)22(24)27/h6-7,10-12,16H,3-5,8-9,13H2,1-2H3,(H2,26,30);4-5,8-10,25H,3,6-7,11H2,1-2H3,(H2,24,27). The average molecular weight is 939 g/mol. The van der Waals surface area contributed by atoms with Gasteiger partial charge in [-0.1, -0.05) is 28.5 Å². The van der Waals surface area contributed by atoms with Gasteiger partial charge < -0.3 is 30.1 Å². The summed E-state index contributed by atoms with van der Waals surface area (Å²) in [7, 11) is -6.55. The molecule has 4 aromatic carbocycles. The summed E-state index contributed by atoms with van der Waals surface area (Å²) in [5.74, 6) is 1.27. The van der Waals surface area contributed by atoms with Gasteiger partial charge in [-0.15, -0.1) is 11.6 Å². The second-order valence-corrected chi connectivity index (χ2v) is 21.7. The number of halogens is 1. The third-order valence-corrected chi connectivity index (χ3v) is 16.2. The number of anilines is 1. The number of hydrogen-bond donors (Lipinski definition) is 3. The molecule has 15 nitrogen and oxygen atoms in total. The minimum atomic E-state index is -3.30. The van der Waals surface area contributed by atoms with Gasteiger partial charge in [0, 0.05) is 57.2 Å². The Morgan fingerprint density at radius 3 is 2.03 bits per heavy atom. The molecule has 18 heteroatoms. The maximum absolute atomic E-state index is 12.7. The zero-order chi connectivity index (χ0) is 46.1. The average Bonchev–Trinajstić information content (AvgIpc) is 3.43. The van der Waals surface area contributed by atoms with Gasteiger partial charge in [-0.3, -0.25) is 13.9 Å². The summed E-state index contributed by atoms with van der Waals surface area (Å²) >= 11 is 5.63. The molecule has 338 valence electrons. The van der Waals surface area contributed by atoms with Crippen molar-refractivity contribution in [2.75, 3.05) is 28.2 Å². The van der Waals surface area contributed by atoms with E-state index < -0.39 is 31.7 Å². The Labute approximate surface area is 380 Å². The van der Waals surface area contributed by atoms with Crippen LogP contribution in [0.2, 0.25) is 0 Å². The van der Waals surface area contributed by atoms with Crippen LogP contribution >= 0.6 is 11.6 Å². The second-order valence-electron chi connectivity index (χ2n) is 17.1. The van der Waals surface area contributed by atoms with Gasteiger partial charge in [0.25, 0.3) is 11.8 Å². The third-order valence-electron chi connectivity index (χ3n) is 12.4. The number of amides is 2. The summed E-state index contributed by atoms with van der Waals surface area (Å²) in [6, 6.07) is 18.8. The molecule has 5 N–H and O–H groups in total. The Kier molecular flexibility index (Phi) is 11.3. The fourth-order valence-electron chi connectivity index (χ4n) is 9.26. The number of primary amides is 2. The van der Waals surface area contributed by atoms with Gasteiger partial charge >= 0.3 is 0 Å². The first-order valence-corrected chi connectivity index (χ1v) is 25.3. The molecule has 0 bridgehead atoms. The van der Waals surface area contributed by atoms with E-state index in [9.17, 15) is 26.4 Å². The highest BCUT2D eigenvalue weighted by Gasteiger charge is 2.31. The number of sulfonamides is 1. The summed E-state index contributed by atoms with van der Waals surface area (Å²) in [4.78, 5) is 28.1. The number of rotatable bonds is 12. The SMILES string of the molecule is Cc1noc(C)c1-c1cc(C(N)=O)c2[nH]c3cc(CS(=O)(=O)CCCCl)ccc3c2c1.Cc1noc(C)c1-c1cc(C(N)=O)c2c(c1)c1ccc(N3CCCS3(=O)=O)cc1n2CC1CC1. The van der Waals surface area contributed by atoms with Crippen molar-refractivity contribution in [2.24, 2.45) is 17.4 Å². The molecule has 0 spiro atoms. The minimum absolute atomic E-state index is 0.0495. The van der Waals surface area contributed by atoms with E-state index in [2.05, 4.69) is 25.9 Å². The number of sulfone groups is 1. The summed E-state index contributed by atoms with van der Waals surface area (Å²) < 4.78 is 64.1. The van der Waals surface area contributed by atoms with E-state index in [4.69, 9.17) is 32.1 Å². The van der Waals surface area contributed by atoms with Crippen LogP contribution in [-0.4, -0.2) is 72.4 Å². The Hall–Kier alpha value is -6.17. The molecule has 1 aliphatic heterocycles. The lowest BCUT2D eigenvalue weighted by Gasteiger charge is -2.17. The first-order chi connectivity index (χ1) is 30.9. The molecule has 0 radical (unpaired) electrons. The van der Waals surface area contributed by atoms with E-state index in [0.29, 0.717) is 70.6 Å². The lowest BCUT2D eigenvalue weighted by molar-refractivity contribution is 0.0993. The van der Waals surface area contributed by atoms with E-state index >= 15 is 0 Å². The number of alkyl halides is 1. The Balaban J connectivity index is 0.000000165. The van der Waals surface area contributed by atoms with Crippen molar-refractivity contribution in [1.82, 2.24) is 19.9 Å². The number of nitrogens with two attached hydrogens (primary N) is 2. The summed E-state index contributed by atoms with van der Waals surface area (Å²) in [6.07, 6.45) is 3.33. The number of H-pyrrole nitrogens is 1. The van der Waals surface area contributed by atoms with Gasteiger partial charge in [-0.2, -0.15) is 0 Å². The van der Waals surface area contributed by atoms with Gasteiger partial charge in [0.2, 0.25) is 10.0 Å². The molecule has 2 aliphatic rings. The molecule has 0 unspecified atom stereocenters. The maximum Gasteiger partial charge on any atom is 0.250 e. The van der Waals surface area contributed by atoms with Crippen molar-refractivity contribution in [1.29, 1.82) is 0 Å². The number of carbonyl (C=O) groups excluding carboxylic acids is 2. The number of hydrogen-bond acceptors (Lipinski definition) is 10. The van der Waals surface area contributed by atoms with Crippen molar-refractivity contribution in [3.63, 3.8) is 0 Å². The van der Waals surface area contributed by atoms with E-state index in [1.165, 1.54) is 4.31 Å². The number of nitrogens with one attached hydrogen (secondary N) is 1. The van der Waals surface area contributed by atoms with Crippen molar-refractivity contribution >= 4 is 92.6 Å². The second kappa shape index (κ2) is 16.7. The van der Waals surface area contributed by atoms with Gasteiger partial charge in [-0.25, -0.2) is 16.8 Å². The predicted octanol–water partition coefficient (Wildman–Crippen LogP) is 8.35. The zero-order valence-electron chi connectivity index (χ0n) is 36.3. The van der Waals surface area contributed by atoms with Gasteiger partial charge in [0.1, 0.15) is 11.5 Å². The van der Waals surface area contributed by atoms with Crippen LogP contribution in [-0.2, 0) is 32.2 Å². The molecular weight excluding hydrogens is 890 g/mol. The topological polar surface area (TPSA) is 230 Å². The van der Waals surface area contributed by atoms with Crippen LogP contribution in [0.1, 0.15) is 74.9 Å². The Morgan fingerprint density at radius 2 is 1.46 bits per heavy atom. The van der Waals surface area contributed by atoms with Gasteiger partial charge in [0.05, 0.1) is 62.0 Å². The number of benzene rings is 4.